The van der Waals surface area contributed by atoms with E-state index in [1.165, 1.54) is 0 Å². The maximum absolute atomic E-state index is 9.06. The van der Waals surface area contributed by atoms with E-state index >= 15 is 0 Å². The average molecular weight is 249 g/mol. The molecule has 0 aliphatic rings. The molecule has 0 atom stereocenters. The van der Waals surface area contributed by atoms with E-state index in [4.69, 9.17) is 14.4 Å². The molecule has 3 rings (SSSR count). The summed E-state index contributed by atoms with van der Waals surface area (Å²) in [5.74, 6) is 0.814. The molecule has 0 aliphatic heterocycles. The standard InChI is InChI=1S/C16H11NO2/c1-18-13-7-5-11(6-8-13)15-10-19-16-12(9-17)3-2-4-14(15)16/h2-8,10H,1H3. The average Bonchev–Trinajstić information content (AvgIpc) is 2.91. The highest BCUT2D eigenvalue weighted by Gasteiger charge is 2.11. The van der Waals surface area contributed by atoms with Crippen molar-refractivity contribution in [3.8, 4) is 22.9 Å². The Balaban J connectivity index is 2.17. The maximum atomic E-state index is 9.06. The van der Waals surface area contributed by atoms with Crippen LogP contribution >= 0.6 is 0 Å². The zero-order chi connectivity index (χ0) is 13.2. The van der Waals surface area contributed by atoms with Crippen molar-refractivity contribution in [3.05, 3.63) is 54.3 Å². The molecule has 0 saturated carbocycles. The van der Waals surface area contributed by atoms with Crippen LogP contribution in [0.1, 0.15) is 5.56 Å². The smallest absolute Gasteiger partial charge is 0.152 e. The van der Waals surface area contributed by atoms with Gasteiger partial charge in [-0.1, -0.05) is 24.3 Å². The van der Waals surface area contributed by atoms with Crippen LogP contribution in [0.15, 0.2) is 53.1 Å². The number of rotatable bonds is 2. The van der Waals surface area contributed by atoms with Crippen LogP contribution < -0.4 is 4.74 Å². The Hall–Kier alpha value is -2.73. The summed E-state index contributed by atoms with van der Waals surface area (Å²) in [6.07, 6.45) is 1.69. The summed E-state index contributed by atoms with van der Waals surface area (Å²) in [5.41, 5.74) is 3.21. The molecule has 92 valence electrons. The molecule has 0 radical (unpaired) electrons. The minimum absolute atomic E-state index is 0.553. The van der Waals surface area contributed by atoms with E-state index < -0.39 is 0 Å². The highest BCUT2D eigenvalue weighted by atomic mass is 16.5. The van der Waals surface area contributed by atoms with Crippen LogP contribution in [-0.4, -0.2) is 7.11 Å². The second-order valence-corrected chi connectivity index (χ2v) is 4.17. The number of benzene rings is 2. The lowest BCUT2D eigenvalue weighted by Crippen LogP contribution is -1.82. The van der Waals surface area contributed by atoms with E-state index in [0.29, 0.717) is 11.1 Å². The van der Waals surface area contributed by atoms with Crippen molar-refractivity contribution in [3.63, 3.8) is 0 Å². The monoisotopic (exact) mass is 249 g/mol. The van der Waals surface area contributed by atoms with E-state index in [9.17, 15) is 0 Å². The Morgan fingerprint density at radius 2 is 1.89 bits per heavy atom. The Kier molecular flexibility index (Phi) is 2.70. The summed E-state index contributed by atoms with van der Waals surface area (Å²) >= 11 is 0. The van der Waals surface area contributed by atoms with E-state index in [1.807, 2.05) is 36.4 Å². The van der Waals surface area contributed by atoms with Crippen LogP contribution in [0.4, 0.5) is 0 Å². The zero-order valence-corrected chi connectivity index (χ0v) is 10.4. The largest absolute Gasteiger partial charge is 0.497 e. The molecule has 3 heteroatoms. The summed E-state index contributed by atoms with van der Waals surface area (Å²) < 4.78 is 10.7. The van der Waals surface area contributed by atoms with E-state index in [2.05, 4.69) is 6.07 Å². The number of para-hydroxylation sites is 1. The van der Waals surface area contributed by atoms with Crippen LogP contribution in [0, 0.1) is 11.3 Å². The van der Waals surface area contributed by atoms with Crippen molar-refractivity contribution in [2.45, 2.75) is 0 Å². The molecule has 0 N–H and O–H groups in total. The molecule has 2 aromatic carbocycles. The molecule has 0 fully saturated rings. The minimum atomic E-state index is 0.553. The maximum Gasteiger partial charge on any atom is 0.152 e. The van der Waals surface area contributed by atoms with Crippen molar-refractivity contribution in [1.82, 2.24) is 0 Å². The molecule has 0 unspecified atom stereocenters. The quantitative estimate of drug-likeness (QED) is 0.690. The predicted octanol–water partition coefficient (Wildman–Crippen LogP) is 3.98. The van der Waals surface area contributed by atoms with E-state index in [1.54, 1.807) is 19.4 Å². The predicted molar refractivity (Wildman–Crippen MR) is 72.9 cm³/mol. The van der Waals surface area contributed by atoms with Crippen LogP contribution in [-0.2, 0) is 0 Å². The number of fused-ring (bicyclic) bond motifs is 1. The number of furan rings is 1. The SMILES string of the molecule is COc1ccc(-c2coc3c(C#N)cccc23)cc1. The highest BCUT2D eigenvalue weighted by molar-refractivity contribution is 5.96. The first-order valence-corrected chi connectivity index (χ1v) is 5.88. The zero-order valence-electron chi connectivity index (χ0n) is 10.4. The first-order chi connectivity index (χ1) is 9.33. The van der Waals surface area contributed by atoms with Gasteiger partial charge in [0.1, 0.15) is 11.8 Å². The van der Waals surface area contributed by atoms with Crippen molar-refractivity contribution >= 4 is 11.0 Å². The summed E-state index contributed by atoms with van der Waals surface area (Å²) in [5, 5.41) is 10.0. The number of nitriles is 1. The van der Waals surface area contributed by atoms with Crippen LogP contribution in [0.2, 0.25) is 0 Å². The van der Waals surface area contributed by atoms with Gasteiger partial charge in [0.25, 0.3) is 0 Å². The van der Waals surface area contributed by atoms with Gasteiger partial charge in [-0.3, -0.25) is 0 Å². The van der Waals surface area contributed by atoms with Gasteiger partial charge in [0.15, 0.2) is 5.58 Å². The van der Waals surface area contributed by atoms with Crippen molar-refractivity contribution in [1.29, 1.82) is 5.26 Å². The van der Waals surface area contributed by atoms with Crippen molar-refractivity contribution in [2.75, 3.05) is 7.11 Å². The molecule has 0 amide bonds. The van der Waals surface area contributed by atoms with Crippen LogP contribution in [0.3, 0.4) is 0 Å². The van der Waals surface area contributed by atoms with E-state index in [0.717, 1.165) is 22.3 Å². The Bertz CT molecular complexity index is 764. The minimum Gasteiger partial charge on any atom is -0.497 e. The first-order valence-electron chi connectivity index (χ1n) is 5.88. The lowest BCUT2D eigenvalue weighted by Gasteiger charge is -2.01. The molecule has 0 spiro atoms. The summed E-state index contributed by atoms with van der Waals surface area (Å²) in [6, 6.07) is 15.5. The van der Waals surface area contributed by atoms with Gasteiger partial charge in [-0.25, -0.2) is 0 Å². The third kappa shape index (κ3) is 1.84. The van der Waals surface area contributed by atoms with Gasteiger partial charge < -0.3 is 9.15 Å². The Labute approximate surface area is 110 Å². The Morgan fingerprint density at radius 1 is 1.11 bits per heavy atom. The highest BCUT2D eigenvalue weighted by Crippen LogP contribution is 2.32. The molecule has 0 saturated heterocycles. The fraction of sp³-hybridized carbons (Fsp3) is 0.0625. The fourth-order valence-corrected chi connectivity index (χ4v) is 2.14. The van der Waals surface area contributed by atoms with E-state index in [-0.39, 0.29) is 0 Å². The fourth-order valence-electron chi connectivity index (χ4n) is 2.14. The van der Waals surface area contributed by atoms with Crippen molar-refractivity contribution < 1.29 is 9.15 Å². The van der Waals surface area contributed by atoms with Gasteiger partial charge >= 0.3 is 0 Å². The van der Waals surface area contributed by atoms with Gasteiger partial charge in [0.05, 0.1) is 18.9 Å². The lowest BCUT2D eigenvalue weighted by atomic mass is 10.0. The normalized spacial score (nSPS) is 10.3. The first kappa shape index (κ1) is 11.4. The van der Waals surface area contributed by atoms with Gasteiger partial charge in [0, 0.05) is 10.9 Å². The summed E-state index contributed by atoms with van der Waals surface area (Å²) in [4.78, 5) is 0. The molecule has 3 nitrogen and oxygen atoms in total. The molecular weight excluding hydrogens is 238 g/mol. The number of methoxy groups -OCH3 is 1. The topological polar surface area (TPSA) is 46.2 Å². The van der Waals surface area contributed by atoms with Gasteiger partial charge in [0.2, 0.25) is 0 Å². The van der Waals surface area contributed by atoms with Crippen LogP contribution in [0.25, 0.3) is 22.1 Å². The lowest BCUT2D eigenvalue weighted by molar-refractivity contribution is 0.415. The second-order valence-electron chi connectivity index (χ2n) is 4.17. The Morgan fingerprint density at radius 3 is 2.58 bits per heavy atom. The number of hydrogen-bond acceptors (Lipinski definition) is 3. The number of hydrogen-bond donors (Lipinski definition) is 0. The molecule has 1 heterocycles. The number of ether oxygens (including phenoxy) is 1. The summed E-state index contributed by atoms with van der Waals surface area (Å²) in [6.45, 7) is 0. The second kappa shape index (κ2) is 4.51. The van der Waals surface area contributed by atoms with Crippen LogP contribution in [0.5, 0.6) is 5.75 Å². The van der Waals surface area contributed by atoms with Gasteiger partial charge in [-0.05, 0) is 23.8 Å². The molecule has 0 aliphatic carbocycles. The van der Waals surface area contributed by atoms with Gasteiger partial charge in [-0.15, -0.1) is 0 Å². The van der Waals surface area contributed by atoms with Gasteiger partial charge in [-0.2, -0.15) is 5.26 Å². The summed E-state index contributed by atoms with van der Waals surface area (Å²) in [7, 11) is 1.64. The molecule has 19 heavy (non-hydrogen) atoms. The third-order valence-corrected chi connectivity index (χ3v) is 3.12. The molecule has 1 aromatic heterocycles. The molecule has 3 aromatic rings. The van der Waals surface area contributed by atoms with Crippen molar-refractivity contribution in [2.24, 2.45) is 0 Å². The molecule has 0 bridgehead atoms. The molecular formula is C16H11NO2. The third-order valence-electron chi connectivity index (χ3n) is 3.12. The number of nitrogens with zero attached hydrogens (tertiary/aromatic N) is 1.